The molecular formula is C23H28N2O5S. The molecule has 1 atom stereocenters. The molecule has 31 heavy (non-hydrogen) atoms. The second-order valence-corrected chi connectivity index (χ2v) is 9.09. The lowest BCUT2D eigenvalue weighted by atomic mass is 10.0. The van der Waals surface area contributed by atoms with E-state index in [2.05, 4.69) is 24.5 Å². The van der Waals surface area contributed by atoms with Gasteiger partial charge in [0, 0.05) is 24.9 Å². The number of carbonyl (C=O) groups excluding carboxylic acids is 2. The van der Waals surface area contributed by atoms with E-state index in [9.17, 15) is 9.59 Å². The lowest BCUT2D eigenvalue weighted by molar-refractivity contribution is -0.210. The molecule has 1 aromatic carbocycles. The summed E-state index contributed by atoms with van der Waals surface area (Å²) in [6.07, 6.45) is 1.21. The molecule has 2 amide bonds. The van der Waals surface area contributed by atoms with Crippen LogP contribution in [0.3, 0.4) is 0 Å². The molecule has 1 aromatic heterocycles. The molecule has 0 aliphatic carbocycles. The van der Waals surface area contributed by atoms with Crippen LogP contribution in [0.15, 0.2) is 35.7 Å². The Balaban J connectivity index is 1.32. The van der Waals surface area contributed by atoms with Gasteiger partial charge in [0.15, 0.2) is 5.79 Å². The Hall–Kier alpha value is -2.26. The number of nitrogens with one attached hydrogen (secondary N) is 2. The Morgan fingerprint density at radius 1 is 1.13 bits per heavy atom. The molecule has 8 heteroatoms. The first-order chi connectivity index (χ1) is 15.0. The molecule has 0 saturated carbocycles. The number of hydrogen-bond donors (Lipinski definition) is 2. The maximum Gasteiger partial charge on any atom is 0.256 e. The van der Waals surface area contributed by atoms with E-state index >= 15 is 0 Å². The van der Waals surface area contributed by atoms with Crippen molar-refractivity contribution in [2.75, 3.05) is 31.7 Å². The maximum atomic E-state index is 12.7. The van der Waals surface area contributed by atoms with E-state index in [4.69, 9.17) is 14.2 Å². The van der Waals surface area contributed by atoms with E-state index in [-0.39, 0.29) is 17.9 Å². The predicted molar refractivity (Wildman–Crippen MR) is 119 cm³/mol. The van der Waals surface area contributed by atoms with Crippen LogP contribution in [0.2, 0.25) is 0 Å². The van der Waals surface area contributed by atoms with Crippen LogP contribution in [-0.2, 0) is 14.2 Å². The van der Waals surface area contributed by atoms with Crippen molar-refractivity contribution in [3.63, 3.8) is 0 Å². The maximum absolute atomic E-state index is 12.7. The summed E-state index contributed by atoms with van der Waals surface area (Å²) in [6, 6.07) is 9.24. The number of hydrogen-bond acceptors (Lipinski definition) is 6. The molecular weight excluding hydrogens is 416 g/mol. The van der Waals surface area contributed by atoms with Crippen molar-refractivity contribution in [2.24, 2.45) is 0 Å². The Morgan fingerprint density at radius 3 is 2.58 bits per heavy atom. The quantitative estimate of drug-likeness (QED) is 0.708. The van der Waals surface area contributed by atoms with Crippen LogP contribution in [0, 0.1) is 0 Å². The van der Waals surface area contributed by atoms with Gasteiger partial charge in [-0.1, -0.05) is 26.0 Å². The summed E-state index contributed by atoms with van der Waals surface area (Å²) in [5.41, 5.74) is 2.17. The van der Waals surface area contributed by atoms with E-state index < -0.39 is 5.79 Å². The van der Waals surface area contributed by atoms with Gasteiger partial charge in [-0.15, -0.1) is 11.3 Å². The molecule has 3 heterocycles. The molecule has 2 aliphatic heterocycles. The second kappa shape index (κ2) is 9.48. The molecule has 7 nitrogen and oxygen atoms in total. The highest BCUT2D eigenvalue weighted by Crippen LogP contribution is 2.33. The van der Waals surface area contributed by atoms with Crippen LogP contribution >= 0.6 is 11.3 Å². The fourth-order valence-corrected chi connectivity index (χ4v) is 4.52. The van der Waals surface area contributed by atoms with Gasteiger partial charge in [0.25, 0.3) is 11.8 Å². The van der Waals surface area contributed by atoms with Crippen LogP contribution in [0.25, 0.3) is 0 Å². The zero-order chi connectivity index (χ0) is 21.8. The highest BCUT2D eigenvalue weighted by Gasteiger charge is 2.42. The molecule has 0 bridgehead atoms. The summed E-state index contributed by atoms with van der Waals surface area (Å²) in [5.74, 6) is -0.649. The summed E-state index contributed by atoms with van der Waals surface area (Å²) in [7, 11) is 0. The average molecular weight is 445 g/mol. The van der Waals surface area contributed by atoms with Crippen molar-refractivity contribution in [2.45, 2.75) is 44.5 Å². The van der Waals surface area contributed by atoms with E-state index in [1.807, 2.05) is 24.3 Å². The highest BCUT2D eigenvalue weighted by atomic mass is 32.1. The van der Waals surface area contributed by atoms with Crippen molar-refractivity contribution in [1.82, 2.24) is 5.32 Å². The Labute approximate surface area is 186 Å². The fourth-order valence-electron chi connectivity index (χ4n) is 3.74. The number of ether oxygens (including phenoxy) is 3. The molecule has 166 valence electrons. The molecule has 2 aliphatic rings. The van der Waals surface area contributed by atoms with Gasteiger partial charge in [0.1, 0.15) is 11.1 Å². The molecule has 0 unspecified atom stereocenters. The van der Waals surface area contributed by atoms with E-state index in [1.54, 1.807) is 11.4 Å². The Kier molecular flexibility index (Phi) is 6.71. The first kappa shape index (κ1) is 22.0. The van der Waals surface area contributed by atoms with E-state index in [1.165, 1.54) is 16.9 Å². The van der Waals surface area contributed by atoms with Crippen molar-refractivity contribution in [1.29, 1.82) is 0 Å². The largest absolute Gasteiger partial charge is 0.381 e. The molecule has 2 fully saturated rings. The number of anilines is 1. The zero-order valence-electron chi connectivity index (χ0n) is 17.8. The zero-order valence-corrected chi connectivity index (χ0v) is 18.6. The third-order valence-electron chi connectivity index (χ3n) is 5.64. The minimum atomic E-state index is -0.569. The summed E-state index contributed by atoms with van der Waals surface area (Å²) in [6.45, 7) is 6.26. The molecule has 2 aromatic rings. The van der Waals surface area contributed by atoms with Gasteiger partial charge in [0.2, 0.25) is 0 Å². The lowest BCUT2D eigenvalue weighted by Crippen LogP contribution is -2.39. The average Bonchev–Trinajstić information content (AvgIpc) is 3.40. The van der Waals surface area contributed by atoms with Gasteiger partial charge < -0.3 is 24.8 Å². The Bertz CT molecular complexity index is 918. The van der Waals surface area contributed by atoms with Crippen molar-refractivity contribution in [3.05, 3.63) is 52.4 Å². The molecule has 2 saturated heterocycles. The SMILES string of the molecule is CC(C)c1ccc(C(=O)Nc2sccc2C(=O)NC[C@H]2COC3(CCOCC3)O2)cc1. The van der Waals surface area contributed by atoms with Gasteiger partial charge in [-0.05, 0) is 35.1 Å². The highest BCUT2D eigenvalue weighted by molar-refractivity contribution is 7.14. The second-order valence-electron chi connectivity index (χ2n) is 8.18. The number of amides is 2. The molecule has 0 radical (unpaired) electrons. The van der Waals surface area contributed by atoms with Crippen molar-refractivity contribution in [3.8, 4) is 0 Å². The predicted octanol–water partition coefficient (Wildman–Crippen LogP) is 3.78. The number of benzene rings is 1. The standard InChI is InChI=1S/C23H28N2O5S/c1-15(2)16-3-5-17(6-4-16)20(26)25-22-19(7-12-31-22)21(27)24-13-18-14-29-23(30-18)8-10-28-11-9-23/h3-7,12,15,18H,8-11,13-14H2,1-2H3,(H,24,27)(H,25,26)/t18-/m0/s1. The fraction of sp³-hybridized carbons (Fsp3) is 0.478. The van der Waals surface area contributed by atoms with Gasteiger partial charge in [-0.3, -0.25) is 9.59 Å². The summed E-state index contributed by atoms with van der Waals surface area (Å²) in [4.78, 5) is 25.3. The lowest BCUT2D eigenvalue weighted by Gasteiger charge is -2.31. The summed E-state index contributed by atoms with van der Waals surface area (Å²) >= 11 is 1.32. The van der Waals surface area contributed by atoms with Gasteiger partial charge >= 0.3 is 0 Å². The van der Waals surface area contributed by atoms with Gasteiger partial charge in [-0.2, -0.15) is 0 Å². The summed E-state index contributed by atoms with van der Waals surface area (Å²) < 4.78 is 17.3. The first-order valence-electron chi connectivity index (χ1n) is 10.6. The molecule has 4 rings (SSSR count). The normalized spacial score (nSPS) is 20.2. The number of thiophene rings is 1. The first-order valence-corrected chi connectivity index (χ1v) is 11.5. The van der Waals surface area contributed by atoms with E-state index in [0.717, 1.165) is 0 Å². The number of rotatable bonds is 6. The Morgan fingerprint density at radius 2 is 1.87 bits per heavy atom. The third-order valence-corrected chi connectivity index (χ3v) is 6.46. The third kappa shape index (κ3) is 5.15. The van der Waals surface area contributed by atoms with Crippen LogP contribution in [0.4, 0.5) is 5.00 Å². The number of carbonyl (C=O) groups is 2. The topological polar surface area (TPSA) is 85.9 Å². The van der Waals surface area contributed by atoms with Crippen LogP contribution in [0.5, 0.6) is 0 Å². The molecule has 1 spiro atoms. The minimum absolute atomic E-state index is 0.196. The molecule has 2 N–H and O–H groups in total. The smallest absolute Gasteiger partial charge is 0.256 e. The van der Waals surface area contributed by atoms with Crippen molar-refractivity contribution < 1.29 is 23.8 Å². The van der Waals surface area contributed by atoms with E-state index in [0.29, 0.717) is 61.3 Å². The minimum Gasteiger partial charge on any atom is -0.381 e. The van der Waals surface area contributed by atoms with Crippen LogP contribution < -0.4 is 10.6 Å². The van der Waals surface area contributed by atoms with Crippen LogP contribution in [0.1, 0.15) is 58.9 Å². The monoisotopic (exact) mass is 444 g/mol. The van der Waals surface area contributed by atoms with Crippen molar-refractivity contribution >= 4 is 28.2 Å². The van der Waals surface area contributed by atoms with Gasteiger partial charge in [-0.25, -0.2) is 0 Å². The summed E-state index contributed by atoms with van der Waals surface area (Å²) in [5, 5.41) is 8.08. The van der Waals surface area contributed by atoms with Gasteiger partial charge in [0.05, 0.1) is 25.4 Å². The van der Waals surface area contributed by atoms with Crippen LogP contribution in [-0.4, -0.2) is 50.1 Å².